The summed E-state index contributed by atoms with van der Waals surface area (Å²) in [6.07, 6.45) is -4.75. The van der Waals surface area contributed by atoms with Crippen LogP contribution in [0.15, 0.2) is 0 Å². The van der Waals surface area contributed by atoms with Gasteiger partial charge in [-0.25, -0.2) is 0 Å². The molecule has 92 valence electrons. The van der Waals surface area contributed by atoms with Crippen LogP contribution < -0.4 is 5.32 Å². The van der Waals surface area contributed by atoms with Crippen LogP contribution in [0.25, 0.3) is 0 Å². The van der Waals surface area contributed by atoms with Crippen LogP contribution in [-0.4, -0.2) is 69.6 Å². The summed E-state index contributed by atoms with van der Waals surface area (Å²) in [5, 5.41) is 48.5. The zero-order valence-electron chi connectivity index (χ0n) is 8.87. The van der Waals surface area contributed by atoms with Gasteiger partial charge in [0.05, 0.1) is 12.7 Å². The average molecular weight is 223 g/mol. The summed E-state index contributed by atoms with van der Waals surface area (Å²) in [5.41, 5.74) is 0. The van der Waals surface area contributed by atoms with Crippen molar-refractivity contribution in [3.63, 3.8) is 0 Å². The molecule has 0 saturated carbocycles. The Kier molecular flexibility index (Phi) is 7.85. The smallest absolute Gasteiger partial charge is 0.111 e. The molecule has 0 aliphatic heterocycles. The third-order valence-corrected chi connectivity index (χ3v) is 2.11. The molecule has 0 rings (SSSR count). The van der Waals surface area contributed by atoms with Gasteiger partial charge < -0.3 is 30.8 Å². The van der Waals surface area contributed by atoms with Crippen LogP contribution in [0.5, 0.6) is 0 Å². The molecule has 0 aliphatic rings. The summed E-state index contributed by atoms with van der Waals surface area (Å²) in [6, 6.07) is 0. The first-order valence-electron chi connectivity index (χ1n) is 5.08. The molecule has 4 unspecified atom stereocenters. The fourth-order valence-electron chi connectivity index (χ4n) is 1.11. The molecule has 0 saturated heterocycles. The van der Waals surface area contributed by atoms with Gasteiger partial charge in [0, 0.05) is 6.54 Å². The van der Waals surface area contributed by atoms with Crippen LogP contribution in [0.4, 0.5) is 0 Å². The zero-order chi connectivity index (χ0) is 11.8. The first-order valence-corrected chi connectivity index (χ1v) is 5.08. The van der Waals surface area contributed by atoms with Crippen molar-refractivity contribution >= 4 is 0 Å². The third kappa shape index (κ3) is 5.41. The van der Waals surface area contributed by atoms with Gasteiger partial charge in [-0.1, -0.05) is 6.92 Å². The summed E-state index contributed by atoms with van der Waals surface area (Å²) in [6.45, 7) is 2.13. The molecular formula is C9H21NO5. The van der Waals surface area contributed by atoms with E-state index in [9.17, 15) is 15.3 Å². The quantitative estimate of drug-likeness (QED) is 0.252. The molecule has 0 aromatic carbocycles. The van der Waals surface area contributed by atoms with Crippen molar-refractivity contribution in [1.82, 2.24) is 5.32 Å². The highest BCUT2D eigenvalue weighted by atomic mass is 16.4. The minimum atomic E-state index is -1.55. The Morgan fingerprint density at radius 1 is 1.00 bits per heavy atom. The van der Waals surface area contributed by atoms with E-state index in [4.69, 9.17) is 10.2 Å². The predicted octanol–water partition coefficient (Wildman–Crippen LogP) is -2.58. The molecule has 0 radical (unpaired) electrons. The molecular weight excluding hydrogens is 202 g/mol. The monoisotopic (exact) mass is 223 g/mol. The summed E-state index contributed by atoms with van der Waals surface area (Å²) in [4.78, 5) is 0. The molecule has 0 spiro atoms. The molecule has 0 amide bonds. The average Bonchev–Trinajstić information content (AvgIpc) is 2.26. The summed E-state index contributed by atoms with van der Waals surface area (Å²) in [7, 11) is 0. The van der Waals surface area contributed by atoms with E-state index in [0.717, 1.165) is 6.42 Å². The Labute approximate surface area is 89.2 Å². The zero-order valence-corrected chi connectivity index (χ0v) is 8.87. The van der Waals surface area contributed by atoms with Gasteiger partial charge in [-0.05, 0) is 13.0 Å². The highest BCUT2D eigenvalue weighted by Gasteiger charge is 2.29. The Balaban J connectivity index is 3.90. The van der Waals surface area contributed by atoms with Crippen LogP contribution in [0.3, 0.4) is 0 Å². The summed E-state index contributed by atoms with van der Waals surface area (Å²) < 4.78 is 0. The standard InChI is InChI=1S/C9H21NO5/c1-2-3-10-4-6(12)8(14)9(15)7(13)5-11/h6-15H,2-5H2,1H3. The van der Waals surface area contributed by atoms with Crippen molar-refractivity contribution in [2.75, 3.05) is 19.7 Å². The Hall–Kier alpha value is -0.240. The maximum atomic E-state index is 9.39. The maximum Gasteiger partial charge on any atom is 0.111 e. The van der Waals surface area contributed by atoms with Crippen molar-refractivity contribution in [3.8, 4) is 0 Å². The Morgan fingerprint density at radius 3 is 2.00 bits per heavy atom. The van der Waals surface area contributed by atoms with Crippen LogP contribution in [0.2, 0.25) is 0 Å². The SMILES string of the molecule is CCCNCC(O)C(O)C(O)C(O)CO. The normalized spacial score (nSPS) is 19.6. The van der Waals surface area contributed by atoms with Gasteiger partial charge in [-0.15, -0.1) is 0 Å². The van der Waals surface area contributed by atoms with E-state index in [1.807, 2.05) is 6.92 Å². The maximum absolute atomic E-state index is 9.39. The first kappa shape index (κ1) is 14.8. The lowest BCUT2D eigenvalue weighted by Gasteiger charge is -2.25. The minimum absolute atomic E-state index is 0.129. The van der Waals surface area contributed by atoms with Crippen LogP contribution in [0.1, 0.15) is 13.3 Å². The largest absolute Gasteiger partial charge is 0.394 e. The molecule has 6 heteroatoms. The highest BCUT2D eigenvalue weighted by Crippen LogP contribution is 2.04. The van der Waals surface area contributed by atoms with Gasteiger partial charge >= 0.3 is 0 Å². The van der Waals surface area contributed by atoms with Crippen molar-refractivity contribution in [3.05, 3.63) is 0 Å². The summed E-state index contributed by atoms with van der Waals surface area (Å²) >= 11 is 0. The number of hydrogen-bond acceptors (Lipinski definition) is 6. The number of nitrogens with one attached hydrogen (secondary N) is 1. The first-order chi connectivity index (χ1) is 7.04. The van der Waals surface area contributed by atoms with E-state index in [2.05, 4.69) is 5.32 Å². The lowest BCUT2D eigenvalue weighted by atomic mass is 10.0. The molecule has 15 heavy (non-hydrogen) atoms. The predicted molar refractivity (Wildman–Crippen MR) is 54.3 cm³/mol. The molecule has 4 atom stereocenters. The molecule has 0 aliphatic carbocycles. The number of hydrogen-bond donors (Lipinski definition) is 6. The van der Waals surface area contributed by atoms with E-state index < -0.39 is 31.0 Å². The van der Waals surface area contributed by atoms with Crippen molar-refractivity contribution in [2.24, 2.45) is 0 Å². The molecule has 6 N–H and O–H groups in total. The molecule has 0 bridgehead atoms. The lowest BCUT2D eigenvalue weighted by Crippen LogP contribution is -2.49. The lowest BCUT2D eigenvalue weighted by molar-refractivity contribution is -0.113. The third-order valence-electron chi connectivity index (χ3n) is 2.11. The fraction of sp³-hybridized carbons (Fsp3) is 1.00. The van der Waals surface area contributed by atoms with E-state index in [1.165, 1.54) is 0 Å². The van der Waals surface area contributed by atoms with E-state index in [1.54, 1.807) is 0 Å². The van der Waals surface area contributed by atoms with Crippen molar-refractivity contribution < 1.29 is 25.5 Å². The van der Waals surface area contributed by atoms with Crippen LogP contribution in [-0.2, 0) is 0 Å². The van der Waals surface area contributed by atoms with E-state index >= 15 is 0 Å². The van der Waals surface area contributed by atoms with Gasteiger partial charge in [0.15, 0.2) is 0 Å². The van der Waals surface area contributed by atoms with E-state index in [0.29, 0.717) is 6.54 Å². The molecule has 0 fully saturated rings. The second-order valence-corrected chi connectivity index (χ2v) is 3.50. The molecule has 6 nitrogen and oxygen atoms in total. The number of aliphatic hydroxyl groups is 5. The molecule has 0 aromatic rings. The van der Waals surface area contributed by atoms with Crippen molar-refractivity contribution in [2.45, 2.75) is 37.8 Å². The number of rotatable bonds is 8. The van der Waals surface area contributed by atoms with Gasteiger partial charge in [-0.2, -0.15) is 0 Å². The Bertz CT molecular complexity index is 157. The Morgan fingerprint density at radius 2 is 1.53 bits per heavy atom. The van der Waals surface area contributed by atoms with Crippen LogP contribution >= 0.6 is 0 Å². The minimum Gasteiger partial charge on any atom is -0.394 e. The fourth-order valence-corrected chi connectivity index (χ4v) is 1.11. The van der Waals surface area contributed by atoms with Crippen molar-refractivity contribution in [1.29, 1.82) is 0 Å². The van der Waals surface area contributed by atoms with Crippen LogP contribution in [0, 0.1) is 0 Å². The van der Waals surface area contributed by atoms with Gasteiger partial charge in [0.1, 0.15) is 18.3 Å². The molecule has 0 aromatic heterocycles. The van der Waals surface area contributed by atoms with Gasteiger partial charge in [0.2, 0.25) is 0 Å². The summed E-state index contributed by atoms with van der Waals surface area (Å²) in [5.74, 6) is 0. The topological polar surface area (TPSA) is 113 Å². The second-order valence-electron chi connectivity index (χ2n) is 3.50. The van der Waals surface area contributed by atoms with Gasteiger partial charge in [0.25, 0.3) is 0 Å². The highest BCUT2D eigenvalue weighted by molar-refractivity contribution is 4.81. The second kappa shape index (κ2) is 7.98. The van der Waals surface area contributed by atoms with E-state index in [-0.39, 0.29) is 6.54 Å². The number of aliphatic hydroxyl groups excluding tert-OH is 5. The molecule has 0 heterocycles. The van der Waals surface area contributed by atoms with Gasteiger partial charge in [-0.3, -0.25) is 0 Å².